The molecule has 0 spiro atoms. The third-order valence-corrected chi connectivity index (χ3v) is 9.73. The summed E-state index contributed by atoms with van der Waals surface area (Å²) in [6.07, 6.45) is 11.1. The Kier molecular flexibility index (Phi) is 4.19. The molecule has 0 N–H and O–H groups in total. The fraction of sp³-hybridized carbons (Fsp3) is 0.524. The molecule has 1 saturated heterocycles. The molecule has 2 aliphatic carbocycles. The zero-order valence-electron chi connectivity index (χ0n) is 16.6. The molecule has 0 atom stereocenters. The van der Waals surface area contributed by atoms with Crippen molar-refractivity contribution in [3.63, 3.8) is 0 Å². The summed E-state index contributed by atoms with van der Waals surface area (Å²) in [6, 6.07) is 4.56. The lowest BCUT2D eigenvalue weighted by atomic mass is 10.1. The average molecular weight is 446 g/mol. The molecule has 9 heteroatoms. The number of nitrogens with zero attached hydrogens (tertiary/aromatic N) is 5. The van der Waals surface area contributed by atoms with Crippen molar-refractivity contribution in [1.29, 1.82) is 0 Å². The van der Waals surface area contributed by atoms with Gasteiger partial charge in [0.15, 0.2) is 9.84 Å². The van der Waals surface area contributed by atoms with Gasteiger partial charge in [0.2, 0.25) is 0 Å². The van der Waals surface area contributed by atoms with Gasteiger partial charge in [-0.1, -0.05) is 11.6 Å². The molecule has 3 aromatic rings. The molecule has 3 aliphatic rings. The Hall–Kier alpha value is -2.06. The molecule has 2 saturated carbocycles. The second-order valence-electron chi connectivity index (χ2n) is 8.80. The second-order valence-corrected chi connectivity index (χ2v) is 11.7. The van der Waals surface area contributed by atoms with Crippen LogP contribution in [0.25, 0.3) is 16.6 Å². The van der Waals surface area contributed by atoms with Gasteiger partial charge in [-0.15, -0.1) is 0 Å². The quantitative estimate of drug-likeness (QED) is 0.597. The number of piperidine rings is 1. The zero-order chi connectivity index (χ0) is 20.5. The van der Waals surface area contributed by atoms with E-state index in [-0.39, 0.29) is 10.5 Å². The van der Waals surface area contributed by atoms with Gasteiger partial charge in [-0.3, -0.25) is 4.68 Å². The minimum Gasteiger partial charge on any atom is -0.370 e. The summed E-state index contributed by atoms with van der Waals surface area (Å²) in [4.78, 5) is 2.21. The number of halogens is 1. The van der Waals surface area contributed by atoms with Crippen molar-refractivity contribution in [3.05, 3.63) is 35.7 Å². The fourth-order valence-electron chi connectivity index (χ4n) is 4.55. The van der Waals surface area contributed by atoms with Crippen molar-refractivity contribution in [2.24, 2.45) is 0 Å². The van der Waals surface area contributed by atoms with Crippen LogP contribution in [0.5, 0.6) is 0 Å². The predicted octanol–water partition coefficient (Wildman–Crippen LogP) is 3.76. The Morgan fingerprint density at radius 1 is 0.933 bits per heavy atom. The third-order valence-electron chi connectivity index (χ3n) is 6.63. The lowest BCUT2D eigenvalue weighted by molar-refractivity contribution is 0.529. The van der Waals surface area contributed by atoms with Gasteiger partial charge in [0.05, 0.1) is 51.4 Å². The number of sulfone groups is 1. The van der Waals surface area contributed by atoms with E-state index in [9.17, 15) is 8.42 Å². The second kappa shape index (κ2) is 6.72. The topological polar surface area (TPSA) is 73.0 Å². The van der Waals surface area contributed by atoms with Gasteiger partial charge in [0, 0.05) is 18.5 Å². The van der Waals surface area contributed by atoms with Crippen LogP contribution in [-0.2, 0) is 9.84 Å². The Morgan fingerprint density at radius 3 is 2.37 bits per heavy atom. The molecular weight excluding hydrogens is 422 g/mol. The largest absolute Gasteiger partial charge is 0.370 e. The standard InChI is InChI=1S/C21H24ClN5O2S/c22-19-9-14-11-24-27(16-12-23-26(13-16)15-1-2-15)20(14)10-21(19)25-7-5-18(6-8-25)30(28,29)17-3-4-17/h9-13,15,17-18H,1-8H2. The highest BCUT2D eigenvalue weighted by atomic mass is 35.5. The molecule has 3 heterocycles. The minimum absolute atomic E-state index is 0.0834. The molecule has 0 radical (unpaired) electrons. The van der Waals surface area contributed by atoms with E-state index in [1.807, 2.05) is 34.0 Å². The fourth-order valence-corrected chi connectivity index (χ4v) is 7.05. The Labute approximate surface area is 180 Å². The van der Waals surface area contributed by atoms with Crippen molar-refractivity contribution in [2.75, 3.05) is 18.0 Å². The first-order valence-electron chi connectivity index (χ1n) is 10.7. The van der Waals surface area contributed by atoms with Gasteiger partial charge < -0.3 is 4.90 Å². The lowest BCUT2D eigenvalue weighted by Crippen LogP contribution is -2.40. The smallest absolute Gasteiger partial charge is 0.156 e. The number of benzene rings is 1. The van der Waals surface area contributed by atoms with Gasteiger partial charge in [-0.25, -0.2) is 13.1 Å². The molecule has 0 bridgehead atoms. The number of hydrogen-bond donors (Lipinski definition) is 0. The van der Waals surface area contributed by atoms with Crippen molar-refractivity contribution in [2.45, 2.75) is 55.1 Å². The van der Waals surface area contributed by atoms with Crippen LogP contribution in [0.1, 0.15) is 44.6 Å². The third kappa shape index (κ3) is 3.12. The van der Waals surface area contributed by atoms with Crippen molar-refractivity contribution in [3.8, 4) is 5.69 Å². The molecule has 3 fully saturated rings. The molecule has 0 amide bonds. The van der Waals surface area contributed by atoms with E-state index in [0.29, 0.717) is 37.0 Å². The maximum Gasteiger partial charge on any atom is 0.156 e. The average Bonchev–Trinajstić information content (AvgIpc) is 3.67. The molecule has 6 rings (SSSR count). The van der Waals surface area contributed by atoms with Crippen LogP contribution in [0, 0.1) is 0 Å². The molecule has 1 aliphatic heterocycles. The van der Waals surface area contributed by atoms with E-state index in [1.54, 1.807) is 0 Å². The van der Waals surface area contributed by atoms with Gasteiger partial charge in [-0.2, -0.15) is 10.2 Å². The summed E-state index contributed by atoms with van der Waals surface area (Å²) in [7, 11) is -2.96. The molecule has 1 aromatic carbocycles. The van der Waals surface area contributed by atoms with Crippen LogP contribution in [0.4, 0.5) is 5.69 Å². The van der Waals surface area contributed by atoms with Crippen molar-refractivity contribution >= 4 is 38.0 Å². The Morgan fingerprint density at radius 2 is 1.67 bits per heavy atom. The van der Waals surface area contributed by atoms with Crippen LogP contribution in [-0.4, -0.2) is 51.6 Å². The molecule has 0 unspecified atom stereocenters. The number of hydrogen-bond acceptors (Lipinski definition) is 5. The maximum absolute atomic E-state index is 12.6. The van der Waals surface area contributed by atoms with Crippen LogP contribution in [0.3, 0.4) is 0 Å². The summed E-state index contributed by atoms with van der Waals surface area (Å²) >= 11 is 6.62. The SMILES string of the molecule is O=S(=O)(C1CC1)C1CCN(c2cc3c(cnn3-c3cnn(C4CC4)c3)cc2Cl)CC1. The van der Waals surface area contributed by atoms with E-state index >= 15 is 0 Å². The van der Waals surface area contributed by atoms with Crippen LogP contribution in [0.2, 0.25) is 5.02 Å². The maximum atomic E-state index is 12.6. The number of aromatic nitrogens is 4. The van der Waals surface area contributed by atoms with Gasteiger partial charge in [-0.05, 0) is 50.7 Å². The number of fused-ring (bicyclic) bond motifs is 1. The normalized spacial score (nSPS) is 20.9. The van der Waals surface area contributed by atoms with Gasteiger partial charge >= 0.3 is 0 Å². The monoisotopic (exact) mass is 445 g/mol. The van der Waals surface area contributed by atoms with Crippen LogP contribution >= 0.6 is 11.6 Å². The Balaban J connectivity index is 1.28. The summed E-state index contributed by atoms with van der Waals surface area (Å²) in [6.45, 7) is 1.41. The minimum atomic E-state index is -2.96. The molecular formula is C21H24ClN5O2S. The summed E-state index contributed by atoms with van der Waals surface area (Å²) in [5.74, 6) is 0. The van der Waals surface area contributed by atoms with E-state index in [0.717, 1.165) is 35.1 Å². The molecule has 158 valence electrons. The van der Waals surface area contributed by atoms with Crippen LogP contribution < -0.4 is 4.90 Å². The summed E-state index contributed by atoms with van der Waals surface area (Å²) < 4.78 is 29.1. The van der Waals surface area contributed by atoms with E-state index in [2.05, 4.69) is 21.2 Å². The van der Waals surface area contributed by atoms with Gasteiger partial charge in [0.25, 0.3) is 0 Å². The molecule has 7 nitrogen and oxygen atoms in total. The number of rotatable bonds is 5. The highest BCUT2D eigenvalue weighted by molar-refractivity contribution is 7.92. The van der Waals surface area contributed by atoms with Gasteiger partial charge in [0.1, 0.15) is 5.69 Å². The number of anilines is 1. The molecule has 2 aromatic heterocycles. The summed E-state index contributed by atoms with van der Waals surface area (Å²) in [5.41, 5.74) is 2.87. The zero-order valence-corrected chi connectivity index (χ0v) is 18.2. The van der Waals surface area contributed by atoms with E-state index in [4.69, 9.17) is 11.6 Å². The summed E-state index contributed by atoms with van der Waals surface area (Å²) in [5, 5.41) is 10.4. The van der Waals surface area contributed by atoms with E-state index in [1.165, 1.54) is 12.8 Å². The van der Waals surface area contributed by atoms with Crippen molar-refractivity contribution < 1.29 is 8.42 Å². The van der Waals surface area contributed by atoms with Crippen molar-refractivity contribution in [1.82, 2.24) is 19.6 Å². The highest BCUT2D eigenvalue weighted by Gasteiger charge is 2.42. The first-order valence-corrected chi connectivity index (χ1v) is 12.7. The predicted molar refractivity (Wildman–Crippen MR) is 117 cm³/mol. The first kappa shape index (κ1) is 18.7. The highest BCUT2D eigenvalue weighted by Crippen LogP contribution is 2.38. The van der Waals surface area contributed by atoms with E-state index < -0.39 is 9.84 Å². The molecule has 30 heavy (non-hydrogen) atoms. The first-order chi connectivity index (χ1) is 14.5. The Bertz CT molecular complexity index is 1220. The lowest BCUT2D eigenvalue weighted by Gasteiger charge is -2.34. The van der Waals surface area contributed by atoms with Crippen LogP contribution in [0.15, 0.2) is 30.7 Å².